The molecule has 1 aromatic rings. The molecular weight excluding hydrogens is 254 g/mol. The van der Waals surface area contributed by atoms with Crippen molar-refractivity contribution < 1.29 is 5.11 Å². The van der Waals surface area contributed by atoms with Crippen molar-refractivity contribution in [2.75, 3.05) is 12.3 Å². The molecule has 2 unspecified atom stereocenters. The molecule has 3 heteroatoms. The molecule has 2 nitrogen and oxygen atoms in total. The largest absolute Gasteiger partial charge is 0.387 e. The highest BCUT2D eigenvalue weighted by Crippen LogP contribution is 2.34. The summed E-state index contributed by atoms with van der Waals surface area (Å²) in [6, 6.07) is 6.66. The summed E-state index contributed by atoms with van der Waals surface area (Å²) < 4.78 is 0. The van der Waals surface area contributed by atoms with Gasteiger partial charge in [-0.2, -0.15) is 0 Å². The van der Waals surface area contributed by atoms with E-state index in [0.29, 0.717) is 0 Å². The van der Waals surface area contributed by atoms with E-state index in [1.165, 1.54) is 29.1 Å². The van der Waals surface area contributed by atoms with E-state index in [0.717, 1.165) is 24.9 Å². The second-order valence-corrected chi connectivity index (χ2v) is 6.35. The van der Waals surface area contributed by atoms with Crippen LogP contribution in [0.25, 0.3) is 0 Å². The number of aryl methyl sites for hydroxylation is 1. The molecular formula is C16H25NOS. The molecule has 2 N–H and O–H groups in total. The molecule has 1 heterocycles. The normalized spacial score (nSPS) is 17.2. The Balaban J connectivity index is 2.09. The van der Waals surface area contributed by atoms with Crippen molar-refractivity contribution in [2.45, 2.75) is 56.6 Å². The third-order valence-corrected chi connectivity index (χ3v) is 4.88. The molecule has 0 aliphatic carbocycles. The SMILES string of the molecule is CCCCC(NCC)C(O)c1ccc2c(c1)SCC2. The van der Waals surface area contributed by atoms with Crippen LogP contribution in [0, 0.1) is 0 Å². The van der Waals surface area contributed by atoms with Gasteiger partial charge in [-0.1, -0.05) is 38.8 Å². The fourth-order valence-electron chi connectivity index (χ4n) is 2.66. The van der Waals surface area contributed by atoms with E-state index in [-0.39, 0.29) is 6.04 Å². The predicted molar refractivity (Wildman–Crippen MR) is 82.8 cm³/mol. The second-order valence-electron chi connectivity index (χ2n) is 5.22. The molecule has 0 amide bonds. The minimum atomic E-state index is -0.391. The van der Waals surface area contributed by atoms with Crippen LogP contribution in [0.4, 0.5) is 0 Å². The lowest BCUT2D eigenvalue weighted by Gasteiger charge is -2.24. The number of hydrogen-bond donors (Lipinski definition) is 2. The molecule has 0 saturated carbocycles. The Morgan fingerprint density at radius 1 is 1.37 bits per heavy atom. The number of benzene rings is 1. The van der Waals surface area contributed by atoms with E-state index >= 15 is 0 Å². The summed E-state index contributed by atoms with van der Waals surface area (Å²) in [6.45, 7) is 5.21. The summed E-state index contributed by atoms with van der Waals surface area (Å²) in [5.74, 6) is 1.18. The first-order valence-electron chi connectivity index (χ1n) is 7.43. The van der Waals surface area contributed by atoms with Gasteiger partial charge in [0.05, 0.1) is 6.10 Å². The smallest absolute Gasteiger partial charge is 0.0943 e. The quantitative estimate of drug-likeness (QED) is 0.801. The van der Waals surface area contributed by atoms with E-state index in [2.05, 4.69) is 37.4 Å². The summed E-state index contributed by atoms with van der Waals surface area (Å²) in [5, 5.41) is 14.0. The number of aliphatic hydroxyl groups excluding tert-OH is 1. The Bertz CT molecular complexity index is 408. The zero-order valence-electron chi connectivity index (χ0n) is 12.0. The van der Waals surface area contributed by atoms with Crippen molar-refractivity contribution in [3.63, 3.8) is 0 Å². The summed E-state index contributed by atoms with van der Waals surface area (Å²) in [6.07, 6.45) is 4.15. The van der Waals surface area contributed by atoms with Gasteiger partial charge in [0.1, 0.15) is 0 Å². The Morgan fingerprint density at radius 3 is 2.95 bits per heavy atom. The first kappa shape index (κ1) is 14.9. The van der Waals surface area contributed by atoms with E-state index in [1.807, 2.05) is 11.8 Å². The number of rotatable bonds is 7. The number of unbranched alkanes of at least 4 members (excludes halogenated alkanes) is 1. The maximum atomic E-state index is 10.6. The van der Waals surface area contributed by atoms with Gasteiger partial charge in [0, 0.05) is 16.7 Å². The van der Waals surface area contributed by atoms with Crippen LogP contribution in [0.5, 0.6) is 0 Å². The van der Waals surface area contributed by atoms with Gasteiger partial charge in [-0.25, -0.2) is 0 Å². The average molecular weight is 279 g/mol. The maximum absolute atomic E-state index is 10.6. The van der Waals surface area contributed by atoms with Crippen LogP contribution in [-0.2, 0) is 6.42 Å². The Labute approximate surface area is 121 Å². The molecule has 1 aromatic carbocycles. The van der Waals surface area contributed by atoms with Crippen molar-refractivity contribution in [3.8, 4) is 0 Å². The fraction of sp³-hybridized carbons (Fsp3) is 0.625. The van der Waals surface area contributed by atoms with Gasteiger partial charge >= 0.3 is 0 Å². The first-order chi connectivity index (χ1) is 9.26. The Morgan fingerprint density at radius 2 is 2.21 bits per heavy atom. The summed E-state index contributed by atoms with van der Waals surface area (Å²) in [5.41, 5.74) is 2.50. The lowest BCUT2D eigenvalue weighted by Crippen LogP contribution is -2.34. The highest BCUT2D eigenvalue weighted by Gasteiger charge is 2.21. The van der Waals surface area contributed by atoms with Crippen molar-refractivity contribution in [1.29, 1.82) is 0 Å². The van der Waals surface area contributed by atoms with E-state index < -0.39 is 6.10 Å². The van der Waals surface area contributed by atoms with Gasteiger partial charge < -0.3 is 10.4 Å². The number of thioether (sulfide) groups is 1. The minimum Gasteiger partial charge on any atom is -0.387 e. The minimum absolute atomic E-state index is 0.175. The topological polar surface area (TPSA) is 32.3 Å². The van der Waals surface area contributed by atoms with Crippen LogP contribution >= 0.6 is 11.8 Å². The van der Waals surface area contributed by atoms with E-state index in [4.69, 9.17) is 0 Å². The second kappa shape index (κ2) is 7.32. The standard InChI is InChI=1S/C16H25NOS/c1-3-5-6-14(17-4-2)16(18)13-8-7-12-9-10-19-15(12)11-13/h7-8,11,14,16-18H,3-6,9-10H2,1-2H3. The first-order valence-corrected chi connectivity index (χ1v) is 8.41. The van der Waals surface area contributed by atoms with Crippen LogP contribution in [0.1, 0.15) is 50.3 Å². The fourth-order valence-corrected chi connectivity index (χ4v) is 3.77. The number of likely N-dealkylation sites (N-methyl/N-ethyl adjacent to an activating group) is 1. The van der Waals surface area contributed by atoms with Crippen LogP contribution in [0.15, 0.2) is 23.1 Å². The third-order valence-electron chi connectivity index (χ3n) is 3.78. The van der Waals surface area contributed by atoms with Crippen LogP contribution < -0.4 is 5.32 Å². The van der Waals surface area contributed by atoms with Crippen molar-refractivity contribution >= 4 is 11.8 Å². The van der Waals surface area contributed by atoms with Crippen LogP contribution in [0.3, 0.4) is 0 Å². The van der Waals surface area contributed by atoms with Gasteiger partial charge in [-0.15, -0.1) is 11.8 Å². The zero-order chi connectivity index (χ0) is 13.7. The number of aliphatic hydroxyl groups is 1. The molecule has 1 aliphatic rings. The summed E-state index contributed by atoms with van der Waals surface area (Å²) in [4.78, 5) is 1.36. The molecule has 1 aliphatic heterocycles. The van der Waals surface area contributed by atoms with Gasteiger partial charge in [0.15, 0.2) is 0 Å². The molecule has 106 valence electrons. The van der Waals surface area contributed by atoms with Gasteiger partial charge in [0.25, 0.3) is 0 Å². The maximum Gasteiger partial charge on any atom is 0.0943 e. The highest BCUT2D eigenvalue weighted by molar-refractivity contribution is 7.99. The van der Waals surface area contributed by atoms with Crippen molar-refractivity contribution in [3.05, 3.63) is 29.3 Å². The highest BCUT2D eigenvalue weighted by atomic mass is 32.2. The van der Waals surface area contributed by atoms with E-state index in [9.17, 15) is 5.11 Å². The van der Waals surface area contributed by atoms with Crippen molar-refractivity contribution in [1.82, 2.24) is 5.32 Å². The lowest BCUT2D eigenvalue weighted by molar-refractivity contribution is 0.123. The monoisotopic (exact) mass is 279 g/mol. The third kappa shape index (κ3) is 3.74. The average Bonchev–Trinajstić information content (AvgIpc) is 2.90. The van der Waals surface area contributed by atoms with Gasteiger partial charge in [-0.05, 0) is 36.6 Å². The Kier molecular flexibility index (Phi) is 5.74. The number of fused-ring (bicyclic) bond motifs is 1. The molecule has 0 bridgehead atoms. The van der Waals surface area contributed by atoms with Gasteiger partial charge in [-0.3, -0.25) is 0 Å². The van der Waals surface area contributed by atoms with E-state index in [1.54, 1.807) is 0 Å². The number of nitrogens with one attached hydrogen (secondary N) is 1. The molecule has 0 spiro atoms. The summed E-state index contributed by atoms with van der Waals surface area (Å²) >= 11 is 1.91. The Hall–Kier alpha value is -0.510. The molecule has 0 radical (unpaired) electrons. The lowest BCUT2D eigenvalue weighted by atomic mass is 9.96. The van der Waals surface area contributed by atoms with Gasteiger partial charge in [0.2, 0.25) is 0 Å². The number of hydrogen-bond acceptors (Lipinski definition) is 3. The molecule has 0 fully saturated rings. The summed E-state index contributed by atoms with van der Waals surface area (Å²) in [7, 11) is 0. The van der Waals surface area contributed by atoms with Crippen molar-refractivity contribution in [2.24, 2.45) is 0 Å². The molecule has 2 atom stereocenters. The zero-order valence-corrected chi connectivity index (χ0v) is 12.8. The van der Waals surface area contributed by atoms with Crippen LogP contribution in [-0.4, -0.2) is 23.4 Å². The predicted octanol–water partition coefficient (Wildman–Crippen LogP) is 3.54. The molecule has 2 rings (SSSR count). The molecule has 0 aromatic heterocycles. The molecule has 19 heavy (non-hydrogen) atoms. The molecule has 0 saturated heterocycles. The van der Waals surface area contributed by atoms with Crippen LogP contribution in [0.2, 0.25) is 0 Å².